The molecular weight excluding hydrogens is 374 g/mol. The van der Waals surface area contributed by atoms with E-state index in [0.717, 1.165) is 76.5 Å². The van der Waals surface area contributed by atoms with Gasteiger partial charge in [0.05, 0.1) is 5.69 Å². The smallest absolute Gasteiger partial charge is 0.223 e. The molecule has 2 fully saturated rings. The third-order valence-corrected chi connectivity index (χ3v) is 7.54. The second-order valence-corrected chi connectivity index (χ2v) is 9.45. The van der Waals surface area contributed by atoms with Gasteiger partial charge in [-0.25, -0.2) is 4.98 Å². The summed E-state index contributed by atoms with van der Waals surface area (Å²) in [5.74, 6) is 0.455. The number of carbonyl (C=O) groups excluding carboxylic acids is 2. The number of carbonyl (C=O) groups is 2. The van der Waals surface area contributed by atoms with Crippen molar-refractivity contribution in [3.63, 3.8) is 0 Å². The maximum Gasteiger partial charge on any atom is 0.223 e. The maximum atomic E-state index is 12.8. The van der Waals surface area contributed by atoms with Crippen LogP contribution < -0.4 is 10.2 Å². The number of amides is 2. The van der Waals surface area contributed by atoms with Gasteiger partial charge in [-0.15, -0.1) is 11.3 Å². The molecule has 4 rings (SSSR count). The van der Waals surface area contributed by atoms with Crippen molar-refractivity contribution in [1.29, 1.82) is 0 Å². The van der Waals surface area contributed by atoms with Crippen LogP contribution in [0.5, 0.6) is 0 Å². The van der Waals surface area contributed by atoms with Crippen molar-refractivity contribution in [1.82, 2.24) is 20.1 Å². The van der Waals surface area contributed by atoms with Gasteiger partial charge in [-0.2, -0.15) is 0 Å². The normalized spacial score (nSPS) is 24.1. The predicted molar refractivity (Wildman–Crippen MR) is 111 cm³/mol. The number of piperazine rings is 1. The molecule has 1 N–H and O–H groups in total. The number of anilines is 1. The van der Waals surface area contributed by atoms with Crippen LogP contribution in [0.1, 0.15) is 36.8 Å². The number of likely N-dealkylation sites (tertiary alicyclic amines) is 1. The monoisotopic (exact) mass is 405 g/mol. The molecule has 154 valence electrons. The number of thiazole rings is 1. The van der Waals surface area contributed by atoms with E-state index in [1.165, 1.54) is 10.6 Å². The average Bonchev–Trinajstić information content (AvgIpc) is 3.13. The summed E-state index contributed by atoms with van der Waals surface area (Å²) in [7, 11) is 2.14. The van der Waals surface area contributed by atoms with Crippen molar-refractivity contribution < 1.29 is 9.59 Å². The van der Waals surface area contributed by atoms with Crippen molar-refractivity contribution in [2.24, 2.45) is 5.92 Å². The molecule has 3 aliphatic rings. The quantitative estimate of drug-likeness (QED) is 0.816. The Hall–Kier alpha value is -1.67. The van der Waals surface area contributed by atoms with Gasteiger partial charge in [-0.1, -0.05) is 0 Å². The summed E-state index contributed by atoms with van der Waals surface area (Å²) in [6, 6.07) is 0.333. The Balaban J connectivity index is 1.33. The third-order valence-electron chi connectivity index (χ3n) is 6.36. The highest BCUT2D eigenvalue weighted by atomic mass is 32.1. The van der Waals surface area contributed by atoms with Crippen molar-refractivity contribution in [3.05, 3.63) is 10.6 Å². The molecule has 7 nitrogen and oxygen atoms in total. The molecule has 0 saturated carbocycles. The molecule has 1 aliphatic carbocycles. The van der Waals surface area contributed by atoms with Crippen LogP contribution in [0.3, 0.4) is 0 Å². The topological polar surface area (TPSA) is 68.8 Å². The second kappa shape index (κ2) is 8.37. The molecule has 3 heterocycles. The Morgan fingerprint density at radius 1 is 1.07 bits per heavy atom. The predicted octanol–water partition coefficient (Wildman–Crippen LogP) is 1.13. The van der Waals surface area contributed by atoms with E-state index in [9.17, 15) is 9.59 Å². The van der Waals surface area contributed by atoms with E-state index in [4.69, 9.17) is 4.98 Å². The van der Waals surface area contributed by atoms with Crippen LogP contribution in [0.25, 0.3) is 0 Å². The van der Waals surface area contributed by atoms with Crippen LogP contribution >= 0.6 is 11.3 Å². The zero-order chi connectivity index (χ0) is 19.7. The maximum absolute atomic E-state index is 12.8. The first kappa shape index (κ1) is 19.6. The zero-order valence-corrected chi connectivity index (χ0v) is 17.8. The Labute approximate surface area is 171 Å². The van der Waals surface area contributed by atoms with Gasteiger partial charge in [0.1, 0.15) is 0 Å². The average molecular weight is 406 g/mol. The molecule has 1 aromatic rings. The van der Waals surface area contributed by atoms with E-state index in [1.54, 1.807) is 18.3 Å². The Morgan fingerprint density at radius 3 is 2.46 bits per heavy atom. The Kier molecular flexibility index (Phi) is 5.87. The first-order valence-electron chi connectivity index (χ1n) is 10.5. The number of hydrogen-bond donors (Lipinski definition) is 1. The minimum atomic E-state index is 0.0787. The van der Waals surface area contributed by atoms with E-state index < -0.39 is 0 Å². The van der Waals surface area contributed by atoms with Crippen LogP contribution in [0.15, 0.2) is 0 Å². The summed E-state index contributed by atoms with van der Waals surface area (Å²) < 4.78 is 0. The minimum Gasteiger partial charge on any atom is -0.353 e. The molecule has 1 unspecified atom stereocenters. The number of nitrogens with one attached hydrogen (secondary N) is 1. The lowest BCUT2D eigenvalue weighted by molar-refractivity contribution is -0.129. The van der Waals surface area contributed by atoms with Crippen molar-refractivity contribution in [3.8, 4) is 0 Å². The minimum absolute atomic E-state index is 0.0787. The number of nitrogens with zero attached hydrogens (tertiary/aromatic N) is 4. The fraction of sp³-hybridized carbons (Fsp3) is 0.750. The first-order valence-corrected chi connectivity index (χ1v) is 11.3. The molecule has 0 radical (unpaired) electrons. The van der Waals surface area contributed by atoms with Crippen LogP contribution in [0.2, 0.25) is 0 Å². The lowest BCUT2D eigenvalue weighted by atomic mass is 9.90. The molecule has 1 aromatic heterocycles. The molecule has 28 heavy (non-hydrogen) atoms. The molecule has 2 amide bonds. The SMILES string of the molecule is CC(=O)N1CCN(c2nc3c(s2)CC(C(=O)NC2CCN(C)CC2)CC3)CC1. The van der Waals surface area contributed by atoms with E-state index >= 15 is 0 Å². The van der Waals surface area contributed by atoms with E-state index in [-0.39, 0.29) is 17.7 Å². The Bertz CT molecular complexity index is 720. The summed E-state index contributed by atoms with van der Waals surface area (Å²) in [4.78, 5) is 36.9. The van der Waals surface area contributed by atoms with Gasteiger partial charge >= 0.3 is 0 Å². The lowest BCUT2D eigenvalue weighted by Crippen LogP contribution is -2.48. The van der Waals surface area contributed by atoms with Crippen molar-refractivity contribution >= 4 is 28.3 Å². The highest BCUT2D eigenvalue weighted by molar-refractivity contribution is 7.15. The summed E-state index contributed by atoms with van der Waals surface area (Å²) in [6.07, 6.45) is 4.71. The molecule has 0 bridgehead atoms. The van der Waals surface area contributed by atoms with Gasteiger partial charge in [0, 0.05) is 49.9 Å². The van der Waals surface area contributed by atoms with Crippen LogP contribution in [0, 0.1) is 5.92 Å². The molecule has 2 saturated heterocycles. The number of aryl methyl sites for hydroxylation is 1. The summed E-state index contributed by atoms with van der Waals surface area (Å²) in [5, 5.41) is 4.36. The van der Waals surface area contributed by atoms with E-state index in [2.05, 4.69) is 22.2 Å². The molecular formula is C20H31N5O2S. The van der Waals surface area contributed by atoms with Crippen molar-refractivity contribution in [2.45, 2.75) is 45.1 Å². The highest BCUT2D eigenvalue weighted by Gasteiger charge is 2.30. The lowest BCUT2D eigenvalue weighted by Gasteiger charge is -2.33. The number of aromatic nitrogens is 1. The molecule has 1 atom stereocenters. The zero-order valence-electron chi connectivity index (χ0n) is 16.9. The molecule has 8 heteroatoms. The number of hydrogen-bond acceptors (Lipinski definition) is 6. The third kappa shape index (κ3) is 4.33. The number of fused-ring (bicyclic) bond motifs is 1. The standard InChI is InChI=1S/C20H31N5O2S/c1-14(26)24-9-11-25(12-10-24)20-22-17-4-3-15(13-18(17)28-20)19(27)21-16-5-7-23(2)8-6-16/h15-16H,3-13H2,1-2H3,(H,21,27). The van der Waals surface area contributed by atoms with E-state index in [0.29, 0.717) is 6.04 Å². The fourth-order valence-electron chi connectivity index (χ4n) is 4.40. The van der Waals surface area contributed by atoms with Gasteiger partial charge in [0.2, 0.25) is 11.8 Å². The van der Waals surface area contributed by atoms with Gasteiger partial charge in [0.15, 0.2) is 5.13 Å². The van der Waals surface area contributed by atoms with Crippen LogP contribution in [0.4, 0.5) is 5.13 Å². The van der Waals surface area contributed by atoms with Gasteiger partial charge in [-0.3, -0.25) is 9.59 Å². The number of piperidine rings is 1. The summed E-state index contributed by atoms with van der Waals surface area (Å²) >= 11 is 1.74. The molecule has 2 aliphatic heterocycles. The van der Waals surface area contributed by atoms with Crippen molar-refractivity contribution in [2.75, 3.05) is 51.2 Å². The fourth-order valence-corrected chi connectivity index (χ4v) is 5.64. The van der Waals surface area contributed by atoms with Crippen LogP contribution in [-0.4, -0.2) is 79.0 Å². The van der Waals surface area contributed by atoms with Gasteiger partial charge < -0.3 is 20.0 Å². The summed E-state index contributed by atoms with van der Waals surface area (Å²) in [6.45, 7) is 6.97. The van der Waals surface area contributed by atoms with Gasteiger partial charge in [0.25, 0.3) is 0 Å². The first-order chi connectivity index (χ1) is 13.5. The number of rotatable bonds is 3. The van der Waals surface area contributed by atoms with Gasteiger partial charge in [-0.05, 0) is 52.2 Å². The highest BCUT2D eigenvalue weighted by Crippen LogP contribution is 2.34. The Morgan fingerprint density at radius 2 is 1.79 bits per heavy atom. The van der Waals surface area contributed by atoms with Crippen LogP contribution in [-0.2, 0) is 22.4 Å². The second-order valence-electron chi connectivity index (χ2n) is 8.39. The molecule has 0 aromatic carbocycles. The largest absolute Gasteiger partial charge is 0.353 e. The summed E-state index contributed by atoms with van der Waals surface area (Å²) in [5.41, 5.74) is 1.18. The van der Waals surface area contributed by atoms with E-state index in [1.807, 2.05) is 4.90 Å². The molecule has 0 spiro atoms.